The van der Waals surface area contributed by atoms with Crippen LogP contribution in [0.4, 0.5) is 0 Å². The van der Waals surface area contributed by atoms with Crippen molar-refractivity contribution in [3.8, 4) is 5.75 Å². The highest BCUT2D eigenvalue weighted by Crippen LogP contribution is 2.24. The summed E-state index contributed by atoms with van der Waals surface area (Å²) < 4.78 is 42.0. The lowest BCUT2D eigenvalue weighted by molar-refractivity contribution is -0.130. The third kappa shape index (κ3) is 3.26. The molecule has 0 saturated carbocycles. The molecule has 0 bridgehead atoms. The second-order valence-corrected chi connectivity index (χ2v) is 7.07. The highest BCUT2D eigenvalue weighted by molar-refractivity contribution is 7.89. The first kappa shape index (κ1) is 17.2. The van der Waals surface area contributed by atoms with Crippen LogP contribution in [0.25, 0.3) is 0 Å². The molecular weight excluding hydrogens is 310 g/mol. The molecule has 1 aromatic carbocycles. The molecule has 7 nitrogen and oxygen atoms in total. The van der Waals surface area contributed by atoms with Crippen molar-refractivity contribution in [2.24, 2.45) is 0 Å². The van der Waals surface area contributed by atoms with Crippen LogP contribution < -0.4 is 4.74 Å². The number of methoxy groups -OCH3 is 2. The van der Waals surface area contributed by atoms with E-state index < -0.39 is 28.3 Å². The van der Waals surface area contributed by atoms with Crippen molar-refractivity contribution in [3.63, 3.8) is 0 Å². The normalized spacial score (nSPS) is 26.1. The van der Waals surface area contributed by atoms with Crippen molar-refractivity contribution in [2.45, 2.75) is 23.1 Å². The fraction of sp³-hybridized carbons (Fsp3) is 0.571. The number of hydrogen-bond donors (Lipinski definition) is 1. The molecular formula is C14H21NO6S. The van der Waals surface area contributed by atoms with Crippen LogP contribution in [0.2, 0.25) is 0 Å². The Balaban J connectivity index is 2.28. The predicted molar refractivity (Wildman–Crippen MR) is 79.4 cm³/mol. The van der Waals surface area contributed by atoms with E-state index in [1.807, 2.05) is 0 Å². The zero-order valence-corrected chi connectivity index (χ0v) is 13.6. The highest BCUT2D eigenvalue weighted by atomic mass is 32.2. The van der Waals surface area contributed by atoms with E-state index in [0.29, 0.717) is 5.75 Å². The Kier molecular flexibility index (Phi) is 5.41. The third-order valence-corrected chi connectivity index (χ3v) is 5.71. The summed E-state index contributed by atoms with van der Waals surface area (Å²) in [4.78, 5) is 0.0982. The zero-order valence-electron chi connectivity index (χ0n) is 12.8. The maximum atomic E-state index is 12.7. The summed E-state index contributed by atoms with van der Waals surface area (Å²) in [6.45, 7) is 0.349. The van der Waals surface area contributed by atoms with Gasteiger partial charge in [0.05, 0.1) is 31.3 Å². The fourth-order valence-electron chi connectivity index (χ4n) is 2.38. The maximum Gasteiger partial charge on any atom is 0.243 e. The van der Waals surface area contributed by atoms with E-state index in [1.165, 1.54) is 33.4 Å². The van der Waals surface area contributed by atoms with Crippen molar-refractivity contribution in [2.75, 3.05) is 34.5 Å². The molecule has 1 fully saturated rings. The number of rotatable bonds is 5. The number of aliphatic hydroxyl groups is 1. The van der Waals surface area contributed by atoms with Gasteiger partial charge in [0.1, 0.15) is 18.0 Å². The molecule has 2 rings (SSSR count). The molecule has 3 atom stereocenters. The molecule has 1 aliphatic rings. The Bertz CT molecular complexity index is 605. The van der Waals surface area contributed by atoms with E-state index >= 15 is 0 Å². The number of nitrogens with zero attached hydrogens (tertiary/aromatic N) is 1. The van der Waals surface area contributed by atoms with Gasteiger partial charge in [-0.1, -0.05) is 6.07 Å². The fourth-order valence-corrected chi connectivity index (χ4v) is 3.77. The molecule has 0 unspecified atom stereocenters. The SMILES string of the molecule is COc1cccc(S(=O)(=O)N(C)[C@@H]2COC[C@@H](OC)[C@H]2O)c1. The van der Waals surface area contributed by atoms with Crippen molar-refractivity contribution in [3.05, 3.63) is 24.3 Å². The molecule has 22 heavy (non-hydrogen) atoms. The molecule has 1 aromatic rings. The second-order valence-electron chi connectivity index (χ2n) is 5.07. The van der Waals surface area contributed by atoms with Gasteiger partial charge in [-0.25, -0.2) is 8.42 Å². The number of hydrogen-bond acceptors (Lipinski definition) is 6. The molecule has 124 valence electrons. The Labute approximate surface area is 130 Å². The van der Waals surface area contributed by atoms with Crippen LogP contribution in [0, 0.1) is 0 Å². The van der Waals surface area contributed by atoms with Gasteiger partial charge in [-0.3, -0.25) is 0 Å². The molecule has 1 aliphatic heterocycles. The minimum atomic E-state index is -3.78. The monoisotopic (exact) mass is 331 g/mol. The van der Waals surface area contributed by atoms with Crippen LogP contribution in [0.15, 0.2) is 29.2 Å². The summed E-state index contributed by atoms with van der Waals surface area (Å²) in [6.07, 6.45) is -1.51. The van der Waals surface area contributed by atoms with Gasteiger partial charge in [0.15, 0.2) is 0 Å². The van der Waals surface area contributed by atoms with Gasteiger partial charge >= 0.3 is 0 Å². The zero-order chi connectivity index (χ0) is 16.3. The summed E-state index contributed by atoms with van der Waals surface area (Å²) in [6, 6.07) is 5.48. The first-order valence-corrected chi connectivity index (χ1v) is 8.26. The quantitative estimate of drug-likeness (QED) is 0.823. The number of ether oxygens (including phenoxy) is 3. The Hall–Kier alpha value is -1.19. The average Bonchev–Trinajstić information content (AvgIpc) is 2.54. The van der Waals surface area contributed by atoms with Crippen molar-refractivity contribution < 1.29 is 27.7 Å². The molecule has 0 aliphatic carbocycles. The molecule has 1 saturated heterocycles. The van der Waals surface area contributed by atoms with E-state index in [2.05, 4.69) is 0 Å². The molecule has 1 heterocycles. The molecule has 1 N–H and O–H groups in total. The first-order valence-electron chi connectivity index (χ1n) is 6.82. The van der Waals surface area contributed by atoms with E-state index in [9.17, 15) is 13.5 Å². The Morgan fingerprint density at radius 2 is 2.05 bits per heavy atom. The van der Waals surface area contributed by atoms with Crippen LogP contribution >= 0.6 is 0 Å². The van der Waals surface area contributed by atoms with Crippen LogP contribution in [0.1, 0.15) is 0 Å². The summed E-state index contributed by atoms with van der Waals surface area (Å²) in [7, 11) is 0.567. The molecule has 0 radical (unpaired) electrons. The van der Waals surface area contributed by atoms with Gasteiger partial charge in [0, 0.05) is 20.2 Å². The minimum Gasteiger partial charge on any atom is -0.497 e. The van der Waals surface area contributed by atoms with Gasteiger partial charge in [-0.15, -0.1) is 0 Å². The van der Waals surface area contributed by atoms with E-state index in [1.54, 1.807) is 12.1 Å². The highest BCUT2D eigenvalue weighted by Gasteiger charge is 2.40. The average molecular weight is 331 g/mol. The van der Waals surface area contributed by atoms with Crippen molar-refractivity contribution in [1.29, 1.82) is 0 Å². The summed E-state index contributed by atoms with van der Waals surface area (Å²) in [5.74, 6) is 0.449. The molecule has 0 aromatic heterocycles. The van der Waals surface area contributed by atoms with Crippen LogP contribution in [-0.2, 0) is 19.5 Å². The van der Waals surface area contributed by atoms with Gasteiger partial charge in [0.2, 0.25) is 10.0 Å². The Morgan fingerprint density at radius 1 is 1.32 bits per heavy atom. The topological polar surface area (TPSA) is 85.3 Å². The van der Waals surface area contributed by atoms with E-state index in [4.69, 9.17) is 14.2 Å². The first-order chi connectivity index (χ1) is 10.4. The van der Waals surface area contributed by atoms with Crippen LogP contribution in [0.3, 0.4) is 0 Å². The maximum absolute atomic E-state index is 12.7. The second kappa shape index (κ2) is 6.93. The molecule has 8 heteroatoms. The lowest BCUT2D eigenvalue weighted by Gasteiger charge is -2.38. The lowest BCUT2D eigenvalue weighted by atomic mass is 10.0. The minimum absolute atomic E-state index is 0.0982. The molecule has 0 spiro atoms. The summed E-state index contributed by atoms with van der Waals surface area (Å²) in [5.41, 5.74) is 0. The van der Waals surface area contributed by atoms with Crippen molar-refractivity contribution >= 4 is 10.0 Å². The van der Waals surface area contributed by atoms with Gasteiger partial charge < -0.3 is 19.3 Å². The Morgan fingerprint density at radius 3 is 2.68 bits per heavy atom. The van der Waals surface area contributed by atoms with Gasteiger partial charge in [0.25, 0.3) is 0 Å². The van der Waals surface area contributed by atoms with E-state index in [0.717, 1.165) is 4.31 Å². The van der Waals surface area contributed by atoms with Crippen LogP contribution in [-0.4, -0.2) is 70.6 Å². The van der Waals surface area contributed by atoms with Gasteiger partial charge in [-0.05, 0) is 12.1 Å². The van der Waals surface area contributed by atoms with Crippen LogP contribution in [0.5, 0.6) is 5.75 Å². The van der Waals surface area contributed by atoms with Gasteiger partial charge in [-0.2, -0.15) is 4.31 Å². The predicted octanol–water partition coefficient (Wildman–Crippen LogP) is 0.0904. The number of benzene rings is 1. The molecule has 0 amide bonds. The van der Waals surface area contributed by atoms with Crippen molar-refractivity contribution in [1.82, 2.24) is 4.31 Å². The standard InChI is InChI=1S/C14H21NO6S/c1-15(12-8-21-9-13(20-3)14(12)16)22(17,18)11-6-4-5-10(7-11)19-2/h4-7,12-14,16H,8-9H2,1-3H3/t12-,13-,14+/m1/s1. The number of aliphatic hydroxyl groups excluding tert-OH is 1. The smallest absolute Gasteiger partial charge is 0.243 e. The third-order valence-electron chi connectivity index (χ3n) is 3.83. The summed E-state index contributed by atoms with van der Waals surface area (Å²) >= 11 is 0. The number of likely N-dealkylation sites (N-methyl/N-ethyl adjacent to an activating group) is 1. The number of sulfonamides is 1. The lowest BCUT2D eigenvalue weighted by Crippen LogP contribution is -2.56. The largest absolute Gasteiger partial charge is 0.497 e. The van der Waals surface area contributed by atoms with E-state index in [-0.39, 0.29) is 18.1 Å². The summed E-state index contributed by atoms with van der Waals surface area (Å²) in [5, 5.41) is 10.3.